The van der Waals surface area contributed by atoms with E-state index in [2.05, 4.69) is 5.32 Å². The average molecular weight is 311 g/mol. The Kier molecular flexibility index (Phi) is 5.20. The Balaban J connectivity index is 1.99. The zero-order valence-corrected chi connectivity index (χ0v) is 12.6. The summed E-state index contributed by atoms with van der Waals surface area (Å²) in [7, 11) is 0. The van der Waals surface area contributed by atoms with Crippen molar-refractivity contribution in [2.24, 2.45) is 5.92 Å². The number of anilines is 1. The number of hydrogen-bond donors (Lipinski definition) is 2. The van der Waals surface area contributed by atoms with E-state index in [1.54, 1.807) is 29.2 Å². The first-order chi connectivity index (χ1) is 10.0. The molecule has 1 fully saturated rings. The molecule has 2 rings (SSSR count). The van der Waals surface area contributed by atoms with Crippen molar-refractivity contribution in [3.05, 3.63) is 29.3 Å². The number of aliphatic hydroxyl groups excluding tert-OH is 1. The van der Waals surface area contributed by atoms with Gasteiger partial charge in [0.25, 0.3) is 0 Å². The second kappa shape index (κ2) is 6.91. The van der Waals surface area contributed by atoms with Gasteiger partial charge in [-0.25, -0.2) is 0 Å². The van der Waals surface area contributed by atoms with E-state index in [4.69, 9.17) is 16.7 Å². The third-order valence-corrected chi connectivity index (χ3v) is 3.84. The summed E-state index contributed by atoms with van der Waals surface area (Å²) in [5.41, 5.74) is 0.753. The fraction of sp³-hybridized carbons (Fsp3) is 0.467. The van der Waals surface area contributed by atoms with E-state index in [1.165, 1.54) is 0 Å². The molecule has 1 aliphatic rings. The van der Waals surface area contributed by atoms with Crippen LogP contribution >= 0.6 is 11.6 Å². The van der Waals surface area contributed by atoms with Crippen LogP contribution in [0.15, 0.2) is 24.3 Å². The van der Waals surface area contributed by atoms with Gasteiger partial charge in [-0.3, -0.25) is 9.59 Å². The number of halogens is 1. The van der Waals surface area contributed by atoms with Gasteiger partial charge in [0.1, 0.15) is 0 Å². The van der Waals surface area contributed by atoms with Crippen LogP contribution in [-0.2, 0) is 9.59 Å². The van der Waals surface area contributed by atoms with E-state index >= 15 is 0 Å². The maximum Gasteiger partial charge on any atom is 0.227 e. The van der Waals surface area contributed by atoms with Crippen molar-refractivity contribution in [3.8, 4) is 0 Å². The van der Waals surface area contributed by atoms with Gasteiger partial charge in [-0.2, -0.15) is 0 Å². The molecule has 1 unspecified atom stereocenters. The van der Waals surface area contributed by atoms with Crippen LogP contribution in [0.1, 0.15) is 19.8 Å². The Morgan fingerprint density at radius 1 is 1.48 bits per heavy atom. The van der Waals surface area contributed by atoms with E-state index in [-0.39, 0.29) is 36.8 Å². The predicted octanol–water partition coefficient (Wildman–Crippen LogP) is 1.58. The molecule has 114 valence electrons. The zero-order valence-electron chi connectivity index (χ0n) is 11.9. The first kappa shape index (κ1) is 15.8. The molecule has 2 amide bonds. The van der Waals surface area contributed by atoms with Crippen LogP contribution in [0.5, 0.6) is 0 Å². The van der Waals surface area contributed by atoms with Gasteiger partial charge in [-0.15, -0.1) is 0 Å². The predicted molar refractivity (Wildman–Crippen MR) is 81.2 cm³/mol. The molecule has 6 heteroatoms. The molecule has 21 heavy (non-hydrogen) atoms. The van der Waals surface area contributed by atoms with Crippen molar-refractivity contribution in [3.63, 3.8) is 0 Å². The Bertz CT molecular complexity index is 518. The molecular weight excluding hydrogens is 292 g/mol. The minimum absolute atomic E-state index is 0.0297. The zero-order chi connectivity index (χ0) is 15.4. The van der Waals surface area contributed by atoms with Crippen LogP contribution in [0.4, 0.5) is 5.69 Å². The lowest BCUT2D eigenvalue weighted by Crippen LogP contribution is -2.38. The molecule has 0 bridgehead atoms. The summed E-state index contributed by atoms with van der Waals surface area (Å²) in [4.78, 5) is 25.8. The molecular formula is C15H19ClN2O3. The highest BCUT2D eigenvalue weighted by Crippen LogP contribution is 2.26. The lowest BCUT2D eigenvalue weighted by atomic mass is 10.1. The fourth-order valence-corrected chi connectivity index (χ4v) is 2.51. The summed E-state index contributed by atoms with van der Waals surface area (Å²) in [5.74, 6) is -0.553. The summed E-state index contributed by atoms with van der Waals surface area (Å²) in [6, 6.07) is 6.90. The normalized spacial score (nSPS) is 19.7. The van der Waals surface area contributed by atoms with Gasteiger partial charge in [-0.1, -0.05) is 11.6 Å². The van der Waals surface area contributed by atoms with Crippen molar-refractivity contribution < 1.29 is 14.7 Å². The Morgan fingerprint density at radius 3 is 2.76 bits per heavy atom. The van der Waals surface area contributed by atoms with E-state index in [1.807, 2.05) is 6.92 Å². The number of nitrogens with one attached hydrogen (secondary N) is 1. The smallest absolute Gasteiger partial charge is 0.227 e. The van der Waals surface area contributed by atoms with Crippen LogP contribution in [-0.4, -0.2) is 36.1 Å². The van der Waals surface area contributed by atoms with E-state index in [0.717, 1.165) is 5.69 Å². The first-order valence-corrected chi connectivity index (χ1v) is 7.36. The van der Waals surface area contributed by atoms with Gasteiger partial charge in [0, 0.05) is 36.3 Å². The molecule has 1 saturated heterocycles. The molecule has 2 atom stereocenters. The maximum atomic E-state index is 12.1. The second-order valence-corrected chi connectivity index (χ2v) is 5.74. The summed E-state index contributed by atoms with van der Waals surface area (Å²) in [6.45, 7) is 2.24. The van der Waals surface area contributed by atoms with Gasteiger partial charge in [0.2, 0.25) is 11.8 Å². The molecule has 0 aromatic heterocycles. The number of carbonyl (C=O) groups excluding carboxylic acids is 2. The number of hydrogen-bond acceptors (Lipinski definition) is 3. The molecule has 2 N–H and O–H groups in total. The van der Waals surface area contributed by atoms with Crippen molar-refractivity contribution in [1.29, 1.82) is 0 Å². The summed E-state index contributed by atoms with van der Waals surface area (Å²) >= 11 is 5.83. The second-order valence-electron chi connectivity index (χ2n) is 5.30. The lowest BCUT2D eigenvalue weighted by Gasteiger charge is -2.18. The van der Waals surface area contributed by atoms with Crippen LogP contribution in [0.3, 0.4) is 0 Å². The summed E-state index contributed by atoms with van der Waals surface area (Å²) in [5, 5.41) is 12.3. The van der Waals surface area contributed by atoms with Crippen molar-refractivity contribution in [1.82, 2.24) is 5.32 Å². The largest absolute Gasteiger partial charge is 0.396 e. The molecule has 1 aromatic carbocycles. The van der Waals surface area contributed by atoms with Gasteiger partial charge in [0.05, 0.1) is 5.92 Å². The molecule has 5 nitrogen and oxygen atoms in total. The molecule has 1 heterocycles. The van der Waals surface area contributed by atoms with Crippen LogP contribution in [0.25, 0.3) is 0 Å². The number of amides is 2. The number of carbonyl (C=O) groups is 2. The number of rotatable bonds is 5. The lowest BCUT2D eigenvalue weighted by molar-refractivity contribution is -0.126. The van der Waals surface area contributed by atoms with Crippen LogP contribution in [0.2, 0.25) is 5.02 Å². The third kappa shape index (κ3) is 3.95. The Morgan fingerprint density at radius 2 is 2.14 bits per heavy atom. The van der Waals surface area contributed by atoms with E-state index < -0.39 is 0 Å². The van der Waals surface area contributed by atoms with E-state index in [9.17, 15) is 9.59 Å². The number of nitrogens with zero attached hydrogens (tertiary/aromatic N) is 1. The highest BCUT2D eigenvalue weighted by molar-refractivity contribution is 6.30. The summed E-state index contributed by atoms with van der Waals surface area (Å²) in [6.07, 6.45) is 0.716. The minimum Gasteiger partial charge on any atom is -0.396 e. The Hall–Kier alpha value is -1.59. The third-order valence-electron chi connectivity index (χ3n) is 3.58. The first-order valence-electron chi connectivity index (χ1n) is 6.98. The Labute approximate surface area is 128 Å². The van der Waals surface area contributed by atoms with E-state index in [0.29, 0.717) is 18.0 Å². The highest BCUT2D eigenvalue weighted by atomic mass is 35.5. The SMILES string of the molecule is C[C@H](CCO)NC(=O)C1CC(=O)N(c2ccc(Cl)cc2)C1. The highest BCUT2D eigenvalue weighted by Gasteiger charge is 2.35. The molecule has 1 aromatic rings. The maximum absolute atomic E-state index is 12.1. The average Bonchev–Trinajstić information content (AvgIpc) is 2.82. The molecule has 0 saturated carbocycles. The van der Waals surface area contributed by atoms with Gasteiger partial charge < -0.3 is 15.3 Å². The topological polar surface area (TPSA) is 69.6 Å². The molecule has 0 aliphatic carbocycles. The molecule has 1 aliphatic heterocycles. The number of benzene rings is 1. The number of aliphatic hydroxyl groups is 1. The van der Waals surface area contributed by atoms with Crippen molar-refractivity contribution in [2.75, 3.05) is 18.1 Å². The fourth-order valence-electron chi connectivity index (χ4n) is 2.38. The van der Waals surface area contributed by atoms with Gasteiger partial charge in [0.15, 0.2) is 0 Å². The van der Waals surface area contributed by atoms with Crippen molar-refractivity contribution >= 4 is 29.1 Å². The van der Waals surface area contributed by atoms with Crippen LogP contribution in [0, 0.1) is 5.92 Å². The minimum atomic E-state index is -0.352. The quantitative estimate of drug-likeness (QED) is 0.867. The van der Waals surface area contributed by atoms with Gasteiger partial charge >= 0.3 is 0 Å². The monoisotopic (exact) mass is 310 g/mol. The standard InChI is InChI=1S/C15H19ClN2O3/c1-10(6-7-19)17-15(21)11-8-14(20)18(9-11)13-4-2-12(16)3-5-13/h2-5,10-11,19H,6-9H2,1H3,(H,17,21)/t10-,11?/m1/s1. The van der Waals surface area contributed by atoms with Crippen LogP contribution < -0.4 is 10.2 Å². The van der Waals surface area contributed by atoms with Gasteiger partial charge in [-0.05, 0) is 37.6 Å². The summed E-state index contributed by atoms with van der Waals surface area (Å²) < 4.78 is 0. The van der Waals surface area contributed by atoms with Crippen molar-refractivity contribution in [2.45, 2.75) is 25.8 Å². The molecule has 0 spiro atoms. The molecule has 0 radical (unpaired) electrons.